The summed E-state index contributed by atoms with van der Waals surface area (Å²) < 4.78 is 8.44. The van der Waals surface area contributed by atoms with Crippen LogP contribution in [-0.4, -0.2) is 34.6 Å². The number of hydrogen-bond acceptors (Lipinski definition) is 9. The lowest BCUT2D eigenvalue weighted by Crippen LogP contribution is -2.46. The van der Waals surface area contributed by atoms with Gasteiger partial charge in [0.05, 0.1) is 53.5 Å². The van der Waals surface area contributed by atoms with Gasteiger partial charge >= 0.3 is 0 Å². The third-order valence-corrected chi connectivity index (χ3v) is 5.69. The van der Waals surface area contributed by atoms with Gasteiger partial charge in [-0.25, -0.2) is 9.50 Å². The molecule has 1 fully saturated rings. The largest absolute Gasteiger partial charge is 0.388 e. The second-order valence-electron chi connectivity index (χ2n) is 7.64. The first-order valence-electron chi connectivity index (χ1n) is 9.60. The van der Waals surface area contributed by atoms with Gasteiger partial charge in [0.2, 0.25) is 0 Å². The summed E-state index contributed by atoms with van der Waals surface area (Å²) in [4.78, 5) is 4.72. The highest BCUT2D eigenvalue weighted by atomic mass is 16.5. The van der Waals surface area contributed by atoms with E-state index in [1.165, 1.54) is 0 Å². The van der Waals surface area contributed by atoms with E-state index in [2.05, 4.69) is 27.5 Å². The van der Waals surface area contributed by atoms with Crippen molar-refractivity contribution in [2.24, 2.45) is 5.92 Å². The number of hydrogen-bond donors (Lipinski definition) is 2. The molecule has 3 N–H and O–H groups in total. The number of aliphatic hydroxyl groups is 1. The Bertz CT molecular complexity index is 1360. The van der Waals surface area contributed by atoms with E-state index >= 15 is 0 Å². The molecule has 1 aliphatic carbocycles. The molecule has 0 radical (unpaired) electrons. The summed E-state index contributed by atoms with van der Waals surface area (Å²) >= 11 is 0. The van der Waals surface area contributed by atoms with Gasteiger partial charge < -0.3 is 15.4 Å². The normalized spacial score (nSPS) is 20.3. The van der Waals surface area contributed by atoms with E-state index in [0.717, 1.165) is 5.52 Å². The van der Waals surface area contributed by atoms with Crippen LogP contribution in [0.3, 0.4) is 0 Å². The maximum Gasteiger partial charge on any atom is 0.162 e. The first kappa shape index (κ1) is 18.8. The Balaban J connectivity index is 1.62. The van der Waals surface area contributed by atoms with Crippen LogP contribution in [0.2, 0.25) is 0 Å². The van der Waals surface area contributed by atoms with E-state index in [4.69, 9.17) is 15.2 Å². The van der Waals surface area contributed by atoms with Crippen LogP contribution in [-0.2, 0) is 12.1 Å². The number of nitrogen functional groups attached to an aromatic ring is 1. The fraction of sp³-hybridized carbons (Fsp3) is 0.300. The van der Waals surface area contributed by atoms with E-state index in [1.807, 2.05) is 6.07 Å². The molecule has 0 atom stereocenters. The Hall–Kier alpha value is -4.22. The van der Waals surface area contributed by atoms with Crippen molar-refractivity contribution in [2.75, 3.05) is 5.73 Å². The summed E-state index contributed by atoms with van der Waals surface area (Å²) in [5.41, 5.74) is 8.53. The molecule has 0 aromatic carbocycles. The summed E-state index contributed by atoms with van der Waals surface area (Å²) in [7, 11) is 0. The molecule has 4 heterocycles. The van der Waals surface area contributed by atoms with Gasteiger partial charge in [-0.15, -0.1) is 0 Å². The van der Waals surface area contributed by atoms with Crippen LogP contribution in [0.25, 0.3) is 28.2 Å². The summed E-state index contributed by atoms with van der Waals surface area (Å²) in [5, 5.41) is 40.5. The maximum absolute atomic E-state index is 9.32. The van der Waals surface area contributed by atoms with Crippen LogP contribution in [0.1, 0.15) is 25.0 Å². The van der Waals surface area contributed by atoms with Crippen molar-refractivity contribution in [2.45, 2.75) is 31.4 Å². The van der Waals surface area contributed by atoms with Gasteiger partial charge in [0.1, 0.15) is 23.7 Å². The van der Waals surface area contributed by atoms with Gasteiger partial charge in [0.25, 0.3) is 0 Å². The number of anilines is 1. The smallest absolute Gasteiger partial charge is 0.162 e. The molecule has 11 heteroatoms. The van der Waals surface area contributed by atoms with Crippen molar-refractivity contribution in [3.05, 3.63) is 36.5 Å². The van der Waals surface area contributed by atoms with E-state index in [9.17, 15) is 15.6 Å². The Morgan fingerprint density at radius 3 is 2.84 bits per heavy atom. The first-order chi connectivity index (χ1) is 15.1. The molecular formula is C20H17N9O2. The number of fused-ring (bicyclic) bond motifs is 1. The van der Waals surface area contributed by atoms with Crippen LogP contribution in [0.15, 0.2) is 35.2 Å². The van der Waals surface area contributed by atoms with E-state index < -0.39 is 5.54 Å². The molecule has 5 rings (SSSR count). The van der Waals surface area contributed by atoms with Gasteiger partial charge in [-0.2, -0.15) is 20.7 Å². The highest BCUT2D eigenvalue weighted by molar-refractivity contribution is 5.83. The van der Waals surface area contributed by atoms with Crippen molar-refractivity contribution in [3.8, 4) is 34.8 Å². The number of rotatable bonds is 5. The monoisotopic (exact) mass is 415 g/mol. The first-order valence-corrected chi connectivity index (χ1v) is 9.60. The molecule has 154 valence electrons. The number of nitrogens with zero attached hydrogens (tertiary/aromatic N) is 8. The summed E-state index contributed by atoms with van der Waals surface area (Å²) in [6.07, 6.45) is 6.48. The molecule has 0 saturated heterocycles. The summed E-state index contributed by atoms with van der Waals surface area (Å²) in [6, 6.07) is 7.87. The van der Waals surface area contributed by atoms with E-state index in [0.29, 0.717) is 41.2 Å². The lowest BCUT2D eigenvalue weighted by Gasteiger charge is -2.43. The second kappa shape index (κ2) is 6.93. The van der Waals surface area contributed by atoms with Crippen molar-refractivity contribution < 1.29 is 9.63 Å². The molecule has 1 aliphatic rings. The quantitative estimate of drug-likeness (QED) is 0.494. The number of aliphatic hydroxyl groups excluding tert-OH is 1. The fourth-order valence-electron chi connectivity index (χ4n) is 4.08. The Morgan fingerprint density at radius 1 is 1.29 bits per heavy atom. The minimum Gasteiger partial charge on any atom is -0.388 e. The summed E-state index contributed by atoms with van der Waals surface area (Å²) in [5.74, 6) is 0.487. The molecule has 4 aromatic heterocycles. The predicted molar refractivity (Wildman–Crippen MR) is 107 cm³/mol. The van der Waals surface area contributed by atoms with Gasteiger partial charge in [-0.3, -0.25) is 4.68 Å². The van der Waals surface area contributed by atoms with Crippen molar-refractivity contribution in [1.82, 2.24) is 29.5 Å². The van der Waals surface area contributed by atoms with Crippen LogP contribution in [0, 0.1) is 28.6 Å². The zero-order valence-electron chi connectivity index (χ0n) is 16.3. The van der Waals surface area contributed by atoms with Crippen molar-refractivity contribution in [3.63, 3.8) is 0 Å². The minimum atomic E-state index is -0.544. The van der Waals surface area contributed by atoms with Crippen molar-refractivity contribution >= 4 is 11.3 Å². The van der Waals surface area contributed by atoms with Crippen LogP contribution >= 0.6 is 0 Å². The molecule has 31 heavy (non-hydrogen) atoms. The lowest BCUT2D eigenvalue weighted by atomic mass is 9.67. The Kier molecular flexibility index (Phi) is 4.20. The molecule has 1 saturated carbocycles. The topological polar surface area (TPSA) is 168 Å². The van der Waals surface area contributed by atoms with Gasteiger partial charge in [0.15, 0.2) is 11.6 Å². The Morgan fingerprint density at radius 2 is 2.13 bits per heavy atom. The Labute approximate surface area is 175 Å². The number of nitrogens with two attached hydrogens (primary N) is 1. The molecule has 0 unspecified atom stereocenters. The average Bonchev–Trinajstić information content (AvgIpc) is 3.48. The maximum atomic E-state index is 9.32. The minimum absolute atomic E-state index is 0.0990. The standard InChI is InChI=1S/C20H17N9O2/c21-3-2-20(6-12(7-20)8-22)29-9-14(19(23)26-29)18-17-1-4-24-28(17)10-16(25-18)15-5-13(11-30)31-27-15/h1,4-5,9-10,12,30H,2,6-7,11H2,(H2,23,26)/t12-,20+. The zero-order chi connectivity index (χ0) is 21.6. The van der Waals surface area contributed by atoms with E-state index in [-0.39, 0.29) is 24.8 Å². The van der Waals surface area contributed by atoms with Crippen LogP contribution in [0.5, 0.6) is 0 Å². The average molecular weight is 415 g/mol. The number of aromatic nitrogens is 6. The molecule has 0 bridgehead atoms. The zero-order valence-corrected chi connectivity index (χ0v) is 16.3. The third kappa shape index (κ3) is 2.91. The highest BCUT2D eigenvalue weighted by Gasteiger charge is 2.47. The van der Waals surface area contributed by atoms with Gasteiger partial charge in [-0.05, 0) is 18.9 Å². The fourth-order valence-corrected chi connectivity index (χ4v) is 4.08. The van der Waals surface area contributed by atoms with Crippen molar-refractivity contribution in [1.29, 1.82) is 10.5 Å². The molecule has 0 amide bonds. The summed E-state index contributed by atoms with van der Waals surface area (Å²) in [6.45, 7) is -0.270. The third-order valence-electron chi connectivity index (χ3n) is 5.69. The molecule has 0 spiro atoms. The molecule has 4 aromatic rings. The lowest BCUT2D eigenvalue weighted by molar-refractivity contribution is 0.0885. The predicted octanol–water partition coefficient (Wildman–Crippen LogP) is 1.86. The molecule has 0 aliphatic heterocycles. The van der Waals surface area contributed by atoms with Gasteiger partial charge in [-0.1, -0.05) is 5.16 Å². The van der Waals surface area contributed by atoms with Crippen LogP contribution < -0.4 is 5.73 Å². The molecular weight excluding hydrogens is 398 g/mol. The molecule has 11 nitrogen and oxygen atoms in total. The van der Waals surface area contributed by atoms with Gasteiger partial charge in [0, 0.05) is 12.3 Å². The SMILES string of the molecule is N#CC[C@]1(n2cc(-c3nc(-c4cc(CO)on4)cn4nccc34)c(N)n2)C[C@@H](C#N)C1. The highest BCUT2D eigenvalue weighted by Crippen LogP contribution is 2.47. The van der Waals surface area contributed by atoms with Crippen LogP contribution in [0.4, 0.5) is 5.82 Å². The number of nitriles is 2. The van der Waals surface area contributed by atoms with E-state index in [1.54, 1.807) is 33.9 Å². The second-order valence-corrected chi connectivity index (χ2v) is 7.64.